The predicted octanol–water partition coefficient (Wildman–Crippen LogP) is 2.33. The first-order chi connectivity index (χ1) is 11.8. The number of hydrogen-bond acceptors (Lipinski definition) is 5. The summed E-state index contributed by atoms with van der Waals surface area (Å²) < 4.78 is 17.2. The first kappa shape index (κ1) is 17.5. The third-order valence-corrected chi connectivity index (χ3v) is 5.06. The summed E-state index contributed by atoms with van der Waals surface area (Å²) in [6, 6.07) is 8.22. The first-order valence-electron chi connectivity index (χ1n) is 9.14. The van der Waals surface area contributed by atoms with Gasteiger partial charge in [0.15, 0.2) is 11.5 Å². The summed E-state index contributed by atoms with van der Waals surface area (Å²) in [4.78, 5) is 2.45. The largest absolute Gasteiger partial charge is 0.490 e. The lowest BCUT2D eigenvalue weighted by atomic mass is 9.89. The predicted molar refractivity (Wildman–Crippen MR) is 92.6 cm³/mol. The molecule has 0 bridgehead atoms. The van der Waals surface area contributed by atoms with E-state index in [0.29, 0.717) is 32.5 Å². The SMILES string of the molecule is CCOc1ccccc1OCCN1CCC[C@@H]1[C@H]1COCC[C@@H]1O. The van der Waals surface area contributed by atoms with E-state index in [9.17, 15) is 5.11 Å². The second-order valence-corrected chi connectivity index (χ2v) is 6.57. The highest BCUT2D eigenvalue weighted by Crippen LogP contribution is 2.30. The lowest BCUT2D eigenvalue weighted by molar-refractivity contribution is -0.0634. The van der Waals surface area contributed by atoms with Gasteiger partial charge in [-0.2, -0.15) is 0 Å². The zero-order valence-corrected chi connectivity index (χ0v) is 14.5. The molecule has 3 rings (SSSR count). The minimum absolute atomic E-state index is 0.232. The molecule has 0 unspecified atom stereocenters. The quantitative estimate of drug-likeness (QED) is 0.829. The normalized spacial score (nSPS) is 28.0. The Hall–Kier alpha value is -1.30. The number of aliphatic hydroxyl groups is 1. The number of ether oxygens (including phenoxy) is 3. The maximum atomic E-state index is 10.3. The van der Waals surface area contributed by atoms with Crippen LogP contribution in [-0.4, -0.2) is 61.7 Å². The highest BCUT2D eigenvalue weighted by molar-refractivity contribution is 5.39. The van der Waals surface area contributed by atoms with E-state index in [1.165, 1.54) is 6.42 Å². The van der Waals surface area contributed by atoms with Crippen molar-refractivity contribution in [1.29, 1.82) is 0 Å². The van der Waals surface area contributed by atoms with Gasteiger partial charge in [0.1, 0.15) is 6.61 Å². The number of likely N-dealkylation sites (tertiary alicyclic amines) is 1. The zero-order valence-electron chi connectivity index (χ0n) is 14.5. The Balaban J connectivity index is 1.52. The van der Waals surface area contributed by atoms with Crippen molar-refractivity contribution in [3.8, 4) is 11.5 Å². The summed E-state index contributed by atoms with van der Waals surface area (Å²) in [7, 11) is 0. The Kier molecular flexibility index (Phi) is 6.35. The lowest BCUT2D eigenvalue weighted by Crippen LogP contribution is -2.47. The number of aliphatic hydroxyl groups excluding tert-OH is 1. The summed E-state index contributed by atoms with van der Waals surface area (Å²) in [6.07, 6.45) is 2.85. The summed E-state index contributed by atoms with van der Waals surface area (Å²) in [5, 5.41) is 10.3. The van der Waals surface area contributed by atoms with Gasteiger partial charge in [-0.3, -0.25) is 4.90 Å². The summed E-state index contributed by atoms with van der Waals surface area (Å²) in [5.41, 5.74) is 0. The van der Waals surface area contributed by atoms with Crippen molar-refractivity contribution >= 4 is 0 Å². The molecule has 24 heavy (non-hydrogen) atoms. The van der Waals surface area contributed by atoms with Crippen LogP contribution in [0, 0.1) is 5.92 Å². The summed E-state index contributed by atoms with van der Waals surface area (Å²) >= 11 is 0. The van der Waals surface area contributed by atoms with Gasteiger partial charge in [-0.25, -0.2) is 0 Å². The van der Waals surface area contributed by atoms with Gasteiger partial charge in [-0.05, 0) is 44.9 Å². The molecule has 1 aromatic rings. The second-order valence-electron chi connectivity index (χ2n) is 6.57. The standard InChI is InChI=1S/C19H29NO4/c1-2-23-18-7-3-4-8-19(18)24-13-11-20-10-5-6-16(20)15-14-22-12-9-17(15)21/h3-4,7-8,15-17,21H,2,5-6,9-14H2,1H3/t15-,16-,17+/m1/s1. The van der Waals surface area contributed by atoms with Crippen molar-refractivity contribution < 1.29 is 19.3 Å². The summed E-state index contributed by atoms with van der Waals surface area (Å²) in [5.74, 6) is 1.84. The van der Waals surface area contributed by atoms with E-state index in [4.69, 9.17) is 14.2 Å². The average molecular weight is 335 g/mol. The molecule has 2 heterocycles. The number of para-hydroxylation sites is 2. The maximum absolute atomic E-state index is 10.3. The molecular formula is C19H29NO4. The van der Waals surface area contributed by atoms with Gasteiger partial charge in [0.2, 0.25) is 0 Å². The fourth-order valence-electron chi connectivity index (χ4n) is 3.85. The van der Waals surface area contributed by atoms with E-state index < -0.39 is 0 Å². The first-order valence-corrected chi connectivity index (χ1v) is 9.14. The molecule has 0 aliphatic carbocycles. The van der Waals surface area contributed by atoms with E-state index in [2.05, 4.69) is 4.90 Å². The van der Waals surface area contributed by atoms with Gasteiger partial charge in [-0.15, -0.1) is 0 Å². The van der Waals surface area contributed by atoms with Gasteiger partial charge in [0.05, 0.1) is 19.3 Å². The van der Waals surface area contributed by atoms with E-state index in [0.717, 1.165) is 37.4 Å². The fraction of sp³-hybridized carbons (Fsp3) is 0.684. The highest BCUT2D eigenvalue weighted by atomic mass is 16.5. The van der Waals surface area contributed by atoms with Crippen molar-refractivity contribution in [2.45, 2.75) is 38.3 Å². The molecule has 1 N–H and O–H groups in total. The van der Waals surface area contributed by atoms with Crippen LogP contribution in [0.1, 0.15) is 26.2 Å². The summed E-state index contributed by atoms with van der Waals surface area (Å²) in [6.45, 7) is 6.54. The van der Waals surface area contributed by atoms with Crippen LogP contribution < -0.4 is 9.47 Å². The van der Waals surface area contributed by atoms with Gasteiger partial charge < -0.3 is 19.3 Å². The molecule has 2 fully saturated rings. The van der Waals surface area contributed by atoms with E-state index in [1.54, 1.807) is 0 Å². The molecule has 0 saturated carbocycles. The van der Waals surface area contributed by atoms with E-state index >= 15 is 0 Å². The van der Waals surface area contributed by atoms with Crippen LogP contribution in [0.4, 0.5) is 0 Å². The van der Waals surface area contributed by atoms with Crippen molar-refractivity contribution in [3.63, 3.8) is 0 Å². The van der Waals surface area contributed by atoms with Crippen LogP contribution in [0.5, 0.6) is 11.5 Å². The Bertz CT molecular complexity index is 510. The maximum Gasteiger partial charge on any atom is 0.161 e. The molecule has 0 aromatic heterocycles. The monoisotopic (exact) mass is 335 g/mol. The van der Waals surface area contributed by atoms with Crippen molar-refractivity contribution in [2.24, 2.45) is 5.92 Å². The van der Waals surface area contributed by atoms with Gasteiger partial charge in [-0.1, -0.05) is 12.1 Å². The van der Waals surface area contributed by atoms with Crippen molar-refractivity contribution in [1.82, 2.24) is 4.90 Å². The third kappa shape index (κ3) is 4.21. The lowest BCUT2D eigenvalue weighted by Gasteiger charge is -2.37. The van der Waals surface area contributed by atoms with E-state index in [1.807, 2.05) is 31.2 Å². The van der Waals surface area contributed by atoms with Crippen LogP contribution in [0.15, 0.2) is 24.3 Å². The molecule has 2 aliphatic rings. The highest BCUT2D eigenvalue weighted by Gasteiger charge is 2.37. The minimum atomic E-state index is -0.232. The fourth-order valence-corrected chi connectivity index (χ4v) is 3.85. The average Bonchev–Trinajstić information content (AvgIpc) is 3.05. The molecule has 5 heteroatoms. The Morgan fingerprint density at radius 1 is 1.21 bits per heavy atom. The van der Waals surface area contributed by atoms with Crippen LogP contribution >= 0.6 is 0 Å². The van der Waals surface area contributed by atoms with Crippen LogP contribution in [0.25, 0.3) is 0 Å². The van der Waals surface area contributed by atoms with Gasteiger partial charge in [0, 0.05) is 25.1 Å². The van der Waals surface area contributed by atoms with Crippen molar-refractivity contribution in [3.05, 3.63) is 24.3 Å². The van der Waals surface area contributed by atoms with Crippen LogP contribution in [0.3, 0.4) is 0 Å². The Morgan fingerprint density at radius 2 is 2.00 bits per heavy atom. The topological polar surface area (TPSA) is 51.2 Å². The molecule has 134 valence electrons. The molecule has 1 aromatic carbocycles. The van der Waals surface area contributed by atoms with Gasteiger partial charge in [0.25, 0.3) is 0 Å². The van der Waals surface area contributed by atoms with Crippen LogP contribution in [-0.2, 0) is 4.74 Å². The minimum Gasteiger partial charge on any atom is -0.490 e. The van der Waals surface area contributed by atoms with Gasteiger partial charge >= 0.3 is 0 Å². The number of benzene rings is 1. The Morgan fingerprint density at radius 3 is 2.75 bits per heavy atom. The zero-order chi connectivity index (χ0) is 16.8. The number of hydrogen-bond donors (Lipinski definition) is 1. The smallest absolute Gasteiger partial charge is 0.161 e. The molecule has 0 amide bonds. The number of nitrogens with zero attached hydrogens (tertiary/aromatic N) is 1. The molecule has 2 saturated heterocycles. The molecular weight excluding hydrogens is 306 g/mol. The number of rotatable bonds is 7. The molecule has 2 aliphatic heterocycles. The third-order valence-electron chi connectivity index (χ3n) is 5.06. The molecule has 0 radical (unpaired) electrons. The molecule has 0 spiro atoms. The Labute approximate surface area is 144 Å². The van der Waals surface area contributed by atoms with Crippen LogP contribution in [0.2, 0.25) is 0 Å². The van der Waals surface area contributed by atoms with E-state index in [-0.39, 0.29) is 12.0 Å². The second kappa shape index (κ2) is 8.70. The molecule has 3 atom stereocenters. The van der Waals surface area contributed by atoms with Crippen molar-refractivity contribution in [2.75, 3.05) is 39.5 Å². The molecule has 5 nitrogen and oxygen atoms in total.